The summed E-state index contributed by atoms with van der Waals surface area (Å²) in [5.74, 6) is 0.688. The van der Waals surface area contributed by atoms with Crippen molar-refractivity contribution in [3.8, 4) is 0 Å². The molecule has 2 aromatic carbocycles. The van der Waals surface area contributed by atoms with Crippen LogP contribution in [0.15, 0.2) is 59.0 Å². The number of benzene rings is 2. The van der Waals surface area contributed by atoms with Crippen LogP contribution < -0.4 is 5.73 Å². The van der Waals surface area contributed by atoms with Crippen molar-refractivity contribution >= 4 is 11.1 Å². The molecule has 0 radical (unpaired) electrons. The van der Waals surface area contributed by atoms with Gasteiger partial charge in [0.2, 0.25) is 0 Å². The summed E-state index contributed by atoms with van der Waals surface area (Å²) in [6.45, 7) is 0. The zero-order chi connectivity index (χ0) is 12.4. The molecule has 3 nitrogen and oxygen atoms in total. The highest BCUT2D eigenvalue weighted by atomic mass is 16.3. The molecule has 1 unspecified atom stereocenters. The lowest BCUT2D eigenvalue weighted by Crippen LogP contribution is -2.13. The molecular formula is C15H14N2O. The Hall–Kier alpha value is -2.13. The SMILES string of the molecule is NC(Cc1nc2ccccc2o1)c1ccccc1. The quantitative estimate of drug-likeness (QED) is 0.763. The highest BCUT2D eigenvalue weighted by molar-refractivity contribution is 5.72. The van der Waals surface area contributed by atoms with Crippen LogP contribution in [0.1, 0.15) is 17.5 Å². The number of para-hydroxylation sites is 2. The second kappa shape index (κ2) is 4.63. The first-order chi connectivity index (χ1) is 8.83. The molecule has 0 aliphatic rings. The van der Waals surface area contributed by atoms with E-state index in [1.807, 2.05) is 54.6 Å². The van der Waals surface area contributed by atoms with Crippen molar-refractivity contribution < 1.29 is 4.42 Å². The number of rotatable bonds is 3. The molecule has 90 valence electrons. The first-order valence-corrected chi connectivity index (χ1v) is 5.98. The summed E-state index contributed by atoms with van der Waals surface area (Å²) in [6.07, 6.45) is 0.610. The molecule has 2 N–H and O–H groups in total. The normalized spacial score (nSPS) is 12.7. The van der Waals surface area contributed by atoms with Crippen LogP contribution in [0, 0.1) is 0 Å². The number of nitrogens with two attached hydrogens (primary N) is 1. The van der Waals surface area contributed by atoms with Gasteiger partial charge >= 0.3 is 0 Å². The van der Waals surface area contributed by atoms with E-state index in [9.17, 15) is 0 Å². The van der Waals surface area contributed by atoms with Gasteiger partial charge in [-0.05, 0) is 17.7 Å². The van der Waals surface area contributed by atoms with Crippen molar-refractivity contribution in [3.63, 3.8) is 0 Å². The number of aromatic nitrogens is 1. The number of hydrogen-bond donors (Lipinski definition) is 1. The highest BCUT2D eigenvalue weighted by Gasteiger charge is 2.11. The minimum atomic E-state index is -0.0840. The third-order valence-electron chi connectivity index (χ3n) is 2.96. The first kappa shape index (κ1) is 11.0. The molecule has 0 bridgehead atoms. The fourth-order valence-corrected chi connectivity index (χ4v) is 2.01. The molecule has 1 aromatic heterocycles. The van der Waals surface area contributed by atoms with Gasteiger partial charge < -0.3 is 10.2 Å². The average Bonchev–Trinajstić information content (AvgIpc) is 2.82. The summed E-state index contributed by atoms with van der Waals surface area (Å²) in [4.78, 5) is 4.43. The van der Waals surface area contributed by atoms with E-state index in [4.69, 9.17) is 10.2 Å². The number of nitrogens with zero attached hydrogens (tertiary/aromatic N) is 1. The number of oxazole rings is 1. The van der Waals surface area contributed by atoms with Gasteiger partial charge in [0.25, 0.3) is 0 Å². The van der Waals surface area contributed by atoms with Crippen LogP contribution in [0.2, 0.25) is 0 Å². The summed E-state index contributed by atoms with van der Waals surface area (Å²) in [5.41, 5.74) is 8.94. The van der Waals surface area contributed by atoms with E-state index in [-0.39, 0.29) is 6.04 Å². The van der Waals surface area contributed by atoms with Crippen LogP contribution in [0.5, 0.6) is 0 Å². The first-order valence-electron chi connectivity index (χ1n) is 5.98. The van der Waals surface area contributed by atoms with Gasteiger partial charge in [-0.1, -0.05) is 42.5 Å². The van der Waals surface area contributed by atoms with Crippen molar-refractivity contribution in [2.45, 2.75) is 12.5 Å². The Kier molecular flexibility index (Phi) is 2.82. The van der Waals surface area contributed by atoms with Gasteiger partial charge in [0.05, 0.1) is 0 Å². The lowest BCUT2D eigenvalue weighted by atomic mass is 10.1. The van der Waals surface area contributed by atoms with E-state index >= 15 is 0 Å². The van der Waals surface area contributed by atoms with Gasteiger partial charge in [0.1, 0.15) is 5.52 Å². The second-order valence-electron chi connectivity index (χ2n) is 4.30. The monoisotopic (exact) mass is 238 g/mol. The maximum atomic E-state index is 6.15. The molecule has 18 heavy (non-hydrogen) atoms. The third kappa shape index (κ3) is 2.13. The maximum Gasteiger partial charge on any atom is 0.197 e. The van der Waals surface area contributed by atoms with Gasteiger partial charge in [0.15, 0.2) is 11.5 Å². The smallest absolute Gasteiger partial charge is 0.197 e. The van der Waals surface area contributed by atoms with Crippen LogP contribution >= 0.6 is 0 Å². The standard InChI is InChI=1S/C15H14N2O/c16-12(11-6-2-1-3-7-11)10-15-17-13-8-4-5-9-14(13)18-15/h1-9,12H,10,16H2. The van der Waals surface area contributed by atoms with Crippen LogP contribution in [0.25, 0.3) is 11.1 Å². The lowest BCUT2D eigenvalue weighted by Gasteiger charge is -2.08. The molecule has 0 saturated carbocycles. The van der Waals surface area contributed by atoms with Gasteiger partial charge in [-0.15, -0.1) is 0 Å². The fourth-order valence-electron chi connectivity index (χ4n) is 2.01. The molecule has 1 heterocycles. The predicted molar refractivity (Wildman–Crippen MR) is 71.1 cm³/mol. The summed E-state index contributed by atoms with van der Waals surface area (Å²) >= 11 is 0. The predicted octanol–water partition coefficient (Wildman–Crippen LogP) is 3.07. The number of fused-ring (bicyclic) bond motifs is 1. The molecule has 0 amide bonds. The molecule has 3 rings (SSSR count). The van der Waals surface area contributed by atoms with Crippen LogP contribution in [0.3, 0.4) is 0 Å². The Morgan fingerprint density at radius 2 is 1.72 bits per heavy atom. The van der Waals surface area contributed by atoms with Gasteiger partial charge in [0, 0.05) is 12.5 Å². The molecule has 0 fully saturated rings. The summed E-state index contributed by atoms with van der Waals surface area (Å²) < 4.78 is 5.67. The second-order valence-corrected chi connectivity index (χ2v) is 4.30. The van der Waals surface area contributed by atoms with E-state index < -0.39 is 0 Å². The average molecular weight is 238 g/mol. The lowest BCUT2D eigenvalue weighted by molar-refractivity contribution is 0.502. The Morgan fingerprint density at radius 3 is 2.50 bits per heavy atom. The Labute approximate surface area is 105 Å². The third-order valence-corrected chi connectivity index (χ3v) is 2.96. The van der Waals surface area contributed by atoms with E-state index in [1.54, 1.807) is 0 Å². The van der Waals surface area contributed by atoms with Crippen LogP contribution in [-0.4, -0.2) is 4.98 Å². The van der Waals surface area contributed by atoms with Crippen molar-refractivity contribution in [3.05, 3.63) is 66.1 Å². The van der Waals surface area contributed by atoms with Crippen molar-refractivity contribution in [1.82, 2.24) is 4.98 Å². The van der Waals surface area contributed by atoms with Crippen molar-refractivity contribution in [2.75, 3.05) is 0 Å². The molecule has 3 aromatic rings. The molecule has 0 aliphatic heterocycles. The molecule has 0 aliphatic carbocycles. The van der Waals surface area contributed by atoms with Gasteiger partial charge in [-0.3, -0.25) is 0 Å². The molecule has 3 heteroatoms. The molecule has 0 spiro atoms. The van der Waals surface area contributed by atoms with E-state index in [0.29, 0.717) is 12.3 Å². The maximum absolute atomic E-state index is 6.15. The highest BCUT2D eigenvalue weighted by Crippen LogP contribution is 2.19. The van der Waals surface area contributed by atoms with Crippen molar-refractivity contribution in [2.24, 2.45) is 5.73 Å². The van der Waals surface area contributed by atoms with E-state index in [2.05, 4.69) is 4.98 Å². The molecule has 0 saturated heterocycles. The van der Waals surface area contributed by atoms with Crippen LogP contribution in [-0.2, 0) is 6.42 Å². The Morgan fingerprint density at radius 1 is 1.00 bits per heavy atom. The zero-order valence-electron chi connectivity index (χ0n) is 9.91. The topological polar surface area (TPSA) is 52.0 Å². The molecule has 1 atom stereocenters. The Bertz CT molecular complexity index is 613. The van der Waals surface area contributed by atoms with Crippen molar-refractivity contribution in [1.29, 1.82) is 0 Å². The van der Waals surface area contributed by atoms with E-state index in [0.717, 1.165) is 16.7 Å². The zero-order valence-corrected chi connectivity index (χ0v) is 9.91. The summed E-state index contributed by atoms with van der Waals surface area (Å²) in [5, 5.41) is 0. The minimum Gasteiger partial charge on any atom is -0.441 e. The van der Waals surface area contributed by atoms with Crippen LogP contribution in [0.4, 0.5) is 0 Å². The minimum absolute atomic E-state index is 0.0840. The van der Waals surface area contributed by atoms with E-state index in [1.165, 1.54) is 0 Å². The number of hydrogen-bond acceptors (Lipinski definition) is 3. The molecular weight excluding hydrogens is 224 g/mol. The van der Waals surface area contributed by atoms with Gasteiger partial charge in [-0.2, -0.15) is 0 Å². The summed E-state index contributed by atoms with van der Waals surface area (Å²) in [7, 11) is 0. The fraction of sp³-hybridized carbons (Fsp3) is 0.133. The summed E-state index contributed by atoms with van der Waals surface area (Å²) in [6, 6.07) is 17.7. The largest absolute Gasteiger partial charge is 0.441 e. The van der Waals surface area contributed by atoms with Gasteiger partial charge in [-0.25, -0.2) is 4.98 Å². The Balaban J connectivity index is 1.84.